The molecule has 7 heteroatoms. The number of amides is 2. The molecule has 0 N–H and O–H groups in total. The Labute approximate surface area is 168 Å². The minimum Gasteiger partial charge on any atom is -0.459 e. The largest absolute Gasteiger partial charge is 0.459 e. The molecule has 0 bridgehead atoms. The second kappa shape index (κ2) is 7.58. The van der Waals surface area contributed by atoms with Crippen molar-refractivity contribution in [3.8, 4) is 5.69 Å². The Balaban J connectivity index is 1.49. The van der Waals surface area contributed by atoms with Crippen molar-refractivity contribution >= 4 is 11.8 Å². The first-order valence-electron chi connectivity index (χ1n) is 9.52. The van der Waals surface area contributed by atoms with E-state index in [0.717, 1.165) is 17.1 Å². The van der Waals surface area contributed by atoms with E-state index in [1.807, 2.05) is 24.5 Å². The molecule has 2 amide bonds. The molecular formula is C22H22FN3O3. The van der Waals surface area contributed by atoms with Crippen molar-refractivity contribution in [2.45, 2.75) is 13.8 Å². The normalized spacial score (nSPS) is 14.3. The van der Waals surface area contributed by atoms with Gasteiger partial charge >= 0.3 is 0 Å². The van der Waals surface area contributed by atoms with Crippen LogP contribution in [-0.4, -0.2) is 52.4 Å². The molecule has 1 fully saturated rings. The van der Waals surface area contributed by atoms with Gasteiger partial charge in [-0.1, -0.05) is 0 Å². The Morgan fingerprint density at radius 2 is 1.55 bits per heavy atom. The molecule has 0 aliphatic carbocycles. The predicted octanol–water partition coefficient (Wildman–Crippen LogP) is 3.42. The fourth-order valence-electron chi connectivity index (χ4n) is 3.81. The highest BCUT2D eigenvalue weighted by Crippen LogP contribution is 2.23. The van der Waals surface area contributed by atoms with Gasteiger partial charge < -0.3 is 18.8 Å². The predicted molar refractivity (Wildman–Crippen MR) is 106 cm³/mol. The summed E-state index contributed by atoms with van der Waals surface area (Å²) in [5, 5.41) is 0. The number of aryl methyl sites for hydroxylation is 1. The highest BCUT2D eigenvalue weighted by Gasteiger charge is 2.28. The summed E-state index contributed by atoms with van der Waals surface area (Å²) >= 11 is 0. The molecule has 1 aromatic carbocycles. The second-order valence-electron chi connectivity index (χ2n) is 7.16. The number of piperazine rings is 1. The summed E-state index contributed by atoms with van der Waals surface area (Å²) in [5.74, 6) is -0.199. The van der Waals surface area contributed by atoms with E-state index in [0.29, 0.717) is 37.5 Å². The number of hydrogen-bond acceptors (Lipinski definition) is 3. The summed E-state index contributed by atoms with van der Waals surface area (Å²) in [6.07, 6.45) is 1.48. The molecule has 150 valence electrons. The van der Waals surface area contributed by atoms with E-state index in [9.17, 15) is 14.0 Å². The lowest BCUT2D eigenvalue weighted by atomic mass is 10.2. The summed E-state index contributed by atoms with van der Waals surface area (Å²) < 4.78 is 20.4. The zero-order valence-electron chi connectivity index (χ0n) is 16.4. The molecule has 1 saturated heterocycles. The number of carbonyl (C=O) groups excluding carboxylic acids is 2. The van der Waals surface area contributed by atoms with Crippen LogP contribution < -0.4 is 0 Å². The van der Waals surface area contributed by atoms with Crippen LogP contribution in [0.1, 0.15) is 32.3 Å². The van der Waals surface area contributed by atoms with Crippen molar-refractivity contribution in [2.24, 2.45) is 0 Å². The van der Waals surface area contributed by atoms with E-state index in [1.165, 1.54) is 18.4 Å². The fraction of sp³-hybridized carbons (Fsp3) is 0.273. The van der Waals surface area contributed by atoms with Crippen LogP contribution in [0.15, 0.2) is 53.1 Å². The van der Waals surface area contributed by atoms with Gasteiger partial charge in [0, 0.05) is 43.3 Å². The molecular weight excluding hydrogens is 373 g/mol. The van der Waals surface area contributed by atoms with Crippen LogP contribution in [-0.2, 0) is 0 Å². The Bertz CT molecular complexity index is 1030. The number of aromatic nitrogens is 1. The van der Waals surface area contributed by atoms with Crippen LogP contribution in [0.4, 0.5) is 4.39 Å². The molecule has 6 nitrogen and oxygen atoms in total. The number of carbonyl (C=O) groups is 2. The van der Waals surface area contributed by atoms with Crippen LogP contribution in [0.3, 0.4) is 0 Å². The highest BCUT2D eigenvalue weighted by atomic mass is 19.1. The van der Waals surface area contributed by atoms with E-state index < -0.39 is 0 Å². The molecule has 2 aromatic heterocycles. The van der Waals surface area contributed by atoms with Crippen molar-refractivity contribution in [1.29, 1.82) is 0 Å². The number of nitrogens with zero attached hydrogens (tertiary/aromatic N) is 3. The van der Waals surface area contributed by atoms with Gasteiger partial charge in [0.15, 0.2) is 5.76 Å². The lowest BCUT2D eigenvalue weighted by Crippen LogP contribution is -2.50. The van der Waals surface area contributed by atoms with Gasteiger partial charge in [0.1, 0.15) is 5.82 Å². The average Bonchev–Trinajstić information content (AvgIpc) is 3.36. The molecule has 0 spiro atoms. The minimum atomic E-state index is -0.297. The maximum atomic E-state index is 13.3. The molecule has 0 unspecified atom stereocenters. The quantitative estimate of drug-likeness (QED) is 0.683. The number of rotatable bonds is 3. The molecule has 0 radical (unpaired) electrons. The monoisotopic (exact) mass is 395 g/mol. The van der Waals surface area contributed by atoms with Crippen LogP contribution in [0, 0.1) is 19.7 Å². The molecule has 0 atom stereocenters. The first-order chi connectivity index (χ1) is 14.0. The van der Waals surface area contributed by atoms with Gasteiger partial charge in [-0.3, -0.25) is 9.59 Å². The minimum absolute atomic E-state index is 0.0587. The molecule has 3 aromatic rings. The highest BCUT2D eigenvalue weighted by molar-refractivity contribution is 5.96. The van der Waals surface area contributed by atoms with E-state index in [1.54, 1.807) is 34.1 Å². The molecule has 3 heterocycles. The number of furan rings is 1. The van der Waals surface area contributed by atoms with Crippen LogP contribution >= 0.6 is 0 Å². The third kappa shape index (κ3) is 3.55. The molecule has 4 rings (SSSR count). The zero-order chi connectivity index (χ0) is 20.5. The van der Waals surface area contributed by atoms with Crippen molar-refractivity contribution in [1.82, 2.24) is 14.4 Å². The fourth-order valence-corrected chi connectivity index (χ4v) is 3.81. The van der Waals surface area contributed by atoms with Crippen LogP contribution in [0.2, 0.25) is 0 Å². The van der Waals surface area contributed by atoms with E-state index in [2.05, 4.69) is 0 Å². The number of halogens is 1. The standard InChI is InChI=1S/C22H22FN3O3/c1-15-14-19(16(2)26(15)18-7-5-17(23)6-8-18)21(27)24-9-11-25(12-10-24)22(28)20-4-3-13-29-20/h3-8,13-14H,9-12H2,1-2H3. The third-order valence-corrected chi connectivity index (χ3v) is 5.33. The van der Waals surface area contributed by atoms with E-state index >= 15 is 0 Å². The van der Waals surface area contributed by atoms with Crippen molar-refractivity contribution in [2.75, 3.05) is 26.2 Å². The molecule has 1 aliphatic heterocycles. The topological polar surface area (TPSA) is 58.7 Å². The smallest absolute Gasteiger partial charge is 0.289 e. The number of hydrogen-bond donors (Lipinski definition) is 0. The second-order valence-corrected chi connectivity index (χ2v) is 7.16. The van der Waals surface area contributed by atoms with Crippen molar-refractivity contribution in [3.05, 3.63) is 77.3 Å². The maximum Gasteiger partial charge on any atom is 0.289 e. The third-order valence-electron chi connectivity index (χ3n) is 5.33. The van der Waals surface area contributed by atoms with Crippen LogP contribution in [0.5, 0.6) is 0 Å². The summed E-state index contributed by atoms with van der Waals surface area (Å²) in [6.45, 7) is 5.66. The SMILES string of the molecule is Cc1cc(C(=O)N2CCN(C(=O)c3ccco3)CC2)c(C)n1-c1ccc(F)cc1. The van der Waals surface area contributed by atoms with Gasteiger partial charge in [0.25, 0.3) is 11.8 Å². The first-order valence-corrected chi connectivity index (χ1v) is 9.52. The lowest BCUT2D eigenvalue weighted by molar-refractivity contribution is 0.0517. The summed E-state index contributed by atoms with van der Waals surface area (Å²) in [4.78, 5) is 29.0. The van der Waals surface area contributed by atoms with Gasteiger partial charge in [-0.2, -0.15) is 0 Å². The zero-order valence-corrected chi connectivity index (χ0v) is 16.4. The lowest BCUT2D eigenvalue weighted by Gasteiger charge is -2.34. The van der Waals surface area contributed by atoms with Gasteiger partial charge in [0.2, 0.25) is 0 Å². The summed E-state index contributed by atoms with van der Waals surface area (Å²) in [6, 6.07) is 11.4. The Hall–Kier alpha value is -3.35. The summed E-state index contributed by atoms with van der Waals surface area (Å²) in [5.41, 5.74) is 3.16. The van der Waals surface area contributed by atoms with E-state index in [-0.39, 0.29) is 17.6 Å². The van der Waals surface area contributed by atoms with Crippen LogP contribution in [0.25, 0.3) is 5.69 Å². The van der Waals surface area contributed by atoms with Crippen molar-refractivity contribution in [3.63, 3.8) is 0 Å². The summed E-state index contributed by atoms with van der Waals surface area (Å²) in [7, 11) is 0. The van der Waals surface area contributed by atoms with Gasteiger partial charge in [-0.25, -0.2) is 4.39 Å². The van der Waals surface area contributed by atoms with E-state index in [4.69, 9.17) is 4.42 Å². The van der Waals surface area contributed by atoms with Gasteiger partial charge in [0.05, 0.1) is 11.8 Å². The Morgan fingerprint density at radius 3 is 2.14 bits per heavy atom. The van der Waals surface area contributed by atoms with Gasteiger partial charge in [-0.05, 0) is 56.3 Å². The molecule has 29 heavy (non-hydrogen) atoms. The Kier molecular flexibility index (Phi) is 4.96. The maximum absolute atomic E-state index is 13.3. The van der Waals surface area contributed by atoms with Crippen molar-refractivity contribution < 1.29 is 18.4 Å². The Morgan fingerprint density at radius 1 is 0.931 bits per heavy atom. The molecule has 0 saturated carbocycles. The van der Waals surface area contributed by atoms with Gasteiger partial charge in [-0.15, -0.1) is 0 Å². The number of benzene rings is 1. The molecule has 1 aliphatic rings. The first kappa shape index (κ1) is 19.0. The average molecular weight is 395 g/mol.